The molecule has 3 rings (SSSR count). The van der Waals surface area contributed by atoms with E-state index in [2.05, 4.69) is 54.6 Å². The molecule has 0 aliphatic carbocycles. The summed E-state index contributed by atoms with van der Waals surface area (Å²) < 4.78 is 0. The quantitative estimate of drug-likeness (QED) is 0.321. The average molecular weight is 516 g/mol. The highest BCUT2D eigenvalue weighted by molar-refractivity contribution is 9.09. The highest BCUT2D eigenvalue weighted by atomic mass is 79.9. The smallest absolute Gasteiger partial charge is 0.235 e. The van der Waals surface area contributed by atoms with Gasteiger partial charge in [-0.3, -0.25) is 9.59 Å². The van der Waals surface area contributed by atoms with Crippen molar-refractivity contribution in [2.75, 3.05) is 21.3 Å². The molecule has 0 aromatic heterocycles. The van der Waals surface area contributed by atoms with Gasteiger partial charge in [0.1, 0.15) is 0 Å². The molecule has 4 nitrogen and oxygen atoms in total. The number of benzene rings is 3. The highest BCUT2D eigenvalue weighted by Gasteiger charge is 2.17. The van der Waals surface area contributed by atoms with E-state index in [0.29, 0.717) is 0 Å². The van der Waals surface area contributed by atoms with E-state index in [1.165, 1.54) is 5.56 Å². The molecule has 29 heavy (non-hydrogen) atoms. The van der Waals surface area contributed by atoms with E-state index >= 15 is 0 Å². The predicted octanol–water partition coefficient (Wildman–Crippen LogP) is 5.53. The van der Waals surface area contributed by atoms with Gasteiger partial charge in [-0.1, -0.05) is 86.5 Å². The van der Waals surface area contributed by atoms with Crippen LogP contribution in [0.4, 0.5) is 11.4 Å². The molecular formula is C23H20Br2N2O2. The SMILES string of the molecule is O=C(CBr)Nc1ccc(C(c2ccccc2)c2ccc(NC(=O)CBr)cc2)cc1. The Bertz CT molecular complexity index is 897. The highest BCUT2D eigenvalue weighted by Crippen LogP contribution is 2.33. The first kappa shape index (κ1) is 21.3. The molecule has 148 valence electrons. The second-order valence-electron chi connectivity index (χ2n) is 6.45. The van der Waals surface area contributed by atoms with Gasteiger partial charge in [-0.15, -0.1) is 0 Å². The summed E-state index contributed by atoms with van der Waals surface area (Å²) in [5, 5.41) is 6.20. The molecule has 2 N–H and O–H groups in total. The van der Waals surface area contributed by atoms with Crippen LogP contribution in [0.15, 0.2) is 78.9 Å². The summed E-state index contributed by atoms with van der Waals surface area (Å²) in [6.45, 7) is 0. The van der Waals surface area contributed by atoms with Crippen LogP contribution in [-0.4, -0.2) is 22.5 Å². The molecule has 0 aliphatic heterocycles. The lowest BCUT2D eigenvalue weighted by Gasteiger charge is -2.20. The van der Waals surface area contributed by atoms with Gasteiger partial charge in [-0.25, -0.2) is 0 Å². The van der Waals surface area contributed by atoms with Crippen LogP contribution in [0.1, 0.15) is 22.6 Å². The van der Waals surface area contributed by atoms with Crippen LogP contribution in [0, 0.1) is 0 Å². The van der Waals surface area contributed by atoms with Gasteiger partial charge in [-0.2, -0.15) is 0 Å². The minimum atomic E-state index is -0.0847. The first-order valence-electron chi connectivity index (χ1n) is 9.07. The van der Waals surface area contributed by atoms with Gasteiger partial charge < -0.3 is 10.6 Å². The van der Waals surface area contributed by atoms with Crippen LogP contribution in [0.3, 0.4) is 0 Å². The summed E-state index contributed by atoms with van der Waals surface area (Å²) >= 11 is 6.31. The van der Waals surface area contributed by atoms with Crippen LogP contribution in [0.25, 0.3) is 0 Å². The van der Waals surface area contributed by atoms with Crippen LogP contribution in [0.2, 0.25) is 0 Å². The molecular weight excluding hydrogens is 496 g/mol. The molecule has 6 heteroatoms. The molecule has 0 unspecified atom stereocenters. The zero-order valence-electron chi connectivity index (χ0n) is 15.6. The van der Waals surface area contributed by atoms with Crippen LogP contribution in [-0.2, 0) is 9.59 Å². The van der Waals surface area contributed by atoms with Gasteiger partial charge in [0, 0.05) is 17.3 Å². The summed E-state index contributed by atoms with van der Waals surface area (Å²) in [5.41, 5.74) is 4.92. The number of alkyl halides is 2. The molecule has 0 bridgehead atoms. The maximum atomic E-state index is 11.6. The van der Waals surface area contributed by atoms with Crippen molar-refractivity contribution in [3.63, 3.8) is 0 Å². The van der Waals surface area contributed by atoms with Crippen molar-refractivity contribution < 1.29 is 9.59 Å². The zero-order valence-corrected chi connectivity index (χ0v) is 18.7. The fraction of sp³-hybridized carbons (Fsp3) is 0.130. The second kappa shape index (κ2) is 10.4. The standard InChI is InChI=1S/C23H20Br2N2O2/c24-14-21(28)26-19-10-6-17(7-11-19)23(16-4-2-1-3-5-16)18-8-12-20(13-9-18)27-22(29)15-25/h1-13,23H,14-15H2,(H,26,28)(H,27,29). The second-order valence-corrected chi connectivity index (χ2v) is 7.57. The Morgan fingerprint density at radius 2 is 1.00 bits per heavy atom. The number of anilines is 2. The number of nitrogens with one attached hydrogen (secondary N) is 2. The van der Waals surface area contributed by atoms with Gasteiger partial charge in [0.25, 0.3) is 0 Å². The molecule has 2 amide bonds. The van der Waals surface area contributed by atoms with E-state index < -0.39 is 0 Å². The van der Waals surface area contributed by atoms with Crippen molar-refractivity contribution in [1.29, 1.82) is 0 Å². The Hall–Kier alpha value is -2.44. The van der Waals surface area contributed by atoms with Gasteiger partial charge in [0.15, 0.2) is 0 Å². The maximum absolute atomic E-state index is 11.6. The Labute approximate surface area is 187 Å². The van der Waals surface area contributed by atoms with E-state index in [1.54, 1.807) is 0 Å². The molecule has 0 radical (unpaired) electrons. The minimum Gasteiger partial charge on any atom is -0.325 e. The van der Waals surface area contributed by atoms with E-state index in [9.17, 15) is 9.59 Å². The first-order valence-corrected chi connectivity index (χ1v) is 11.3. The lowest BCUT2D eigenvalue weighted by Crippen LogP contribution is -2.13. The summed E-state index contributed by atoms with van der Waals surface area (Å²) in [6, 6.07) is 26.0. The van der Waals surface area contributed by atoms with Gasteiger partial charge in [0.05, 0.1) is 10.7 Å². The Balaban J connectivity index is 1.92. The lowest BCUT2D eigenvalue weighted by atomic mass is 9.85. The minimum absolute atomic E-state index is 0.0399. The summed E-state index contributed by atoms with van der Waals surface area (Å²) in [4.78, 5) is 23.2. The number of amides is 2. The monoisotopic (exact) mass is 514 g/mol. The predicted molar refractivity (Wildman–Crippen MR) is 125 cm³/mol. The van der Waals surface area contributed by atoms with Crippen LogP contribution >= 0.6 is 31.9 Å². The number of rotatable bonds is 7. The average Bonchev–Trinajstić information content (AvgIpc) is 2.77. The molecule has 0 spiro atoms. The maximum Gasteiger partial charge on any atom is 0.235 e. The third-order valence-electron chi connectivity index (χ3n) is 4.43. The Kier molecular flexibility index (Phi) is 7.61. The van der Waals surface area contributed by atoms with Crippen LogP contribution < -0.4 is 10.6 Å². The third-order valence-corrected chi connectivity index (χ3v) is 5.45. The molecule has 3 aromatic rings. The number of carbonyl (C=O) groups excluding carboxylic acids is 2. The molecule has 0 heterocycles. The fourth-order valence-electron chi connectivity index (χ4n) is 3.13. The van der Waals surface area contributed by atoms with Crippen molar-refractivity contribution in [3.8, 4) is 0 Å². The Morgan fingerprint density at radius 1 is 0.621 bits per heavy atom. The summed E-state index contributed by atoms with van der Waals surface area (Å²) in [5.74, 6) is -0.130. The van der Waals surface area contributed by atoms with Gasteiger partial charge in [-0.05, 0) is 41.0 Å². The fourth-order valence-corrected chi connectivity index (χ4v) is 3.41. The van der Waals surface area contributed by atoms with Gasteiger partial charge in [0.2, 0.25) is 11.8 Å². The number of halogens is 2. The third kappa shape index (κ3) is 5.78. The summed E-state index contributed by atoms with van der Waals surface area (Å²) in [7, 11) is 0. The zero-order chi connectivity index (χ0) is 20.6. The Morgan fingerprint density at radius 3 is 1.38 bits per heavy atom. The largest absolute Gasteiger partial charge is 0.325 e. The molecule has 0 saturated heterocycles. The first-order chi connectivity index (χ1) is 14.1. The lowest BCUT2D eigenvalue weighted by molar-refractivity contribution is -0.114. The van der Waals surface area contributed by atoms with Crippen molar-refractivity contribution in [3.05, 3.63) is 95.6 Å². The summed E-state index contributed by atoms with van der Waals surface area (Å²) in [6.07, 6.45) is 0. The van der Waals surface area contributed by atoms with E-state index in [-0.39, 0.29) is 28.4 Å². The molecule has 0 saturated carbocycles. The normalized spacial score (nSPS) is 10.6. The number of hydrogen-bond donors (Lipinski definition) is 2. The van der Waals surface area contributed by atoms with Crippen molar-refractivity contribution in [2.24, 2.45) is 0 Å². The van der Waals surface area contributed by atoms with Crippen molar-refractivity contribution in [1.82, 2.24) is 0 Å². The van der Waals surface area contributed by atoms with Crippen molar-refractivity contribution in [2.45, 2.75) is 5.92 Å². The van der Waals surface area contributed by atoms with Gasteiger partial charge >= 0.3 is 0 Å². The van der Waals surface area contributed by atoms with E-state index in [4.69, 9.17) is 0 Å². The molecule has 3 aromatic carbocycles. The molecule has 0 aliphatic rings. The molecule has 0 fully saturated rings. The topological polar surface area (TPSA) is 58.2 Å². The van der Waals surface area contributed by atoms with E-state index in [1.807, 2.05) is 66.7 Å². The van der Waals surface area contributed by atoms with Crippen molar-refractivity contribution >= 4 is 55.0 Å². The number of hydrogen-bond acceptors (Lipinski definition) is 2. The number of carbonyl (C=O) groups is 2. The van der Waals surface area contributed by atoms with Crippen LogP contribution in [0.5, 0.6) is 0 Å². The molecule has 0 atom stereocenters. The van der Waals surface area contributed by atoms with E-state index in [0.717, 1.165) is 22.5 Å².